The van der Waals surface area contributed by atoms with Gasteiger partial charge in [0.2, 0.25) is 0 Å². The topological polar surface area (TPSA) is 54.7 Å². The van der Waals surface area contributed by atoms with Crippen LogP contribution in [0.5, 0.6) is 0 Å². The van der Waals surface area contributed by atoms with Gasteiger partial charge >= 0.3 is 0 Å². The first-order valence-corrected chi connectivity index (χ1v) is 8.72. The van der Waals surface area contributed by atoms with Crippen molar-refractivity contribution in [2.75, 3.05) is 5.73 Å². The van der Waals surface area contributed by atoms with E-state index in [9.17, 15) is 0 Å². The van der Waals surface area contributed by atoms with E-state index in [0.29, 0.717) is 0 Å². The number of rotatable bonds is 3. The van der Waals surface area contributed by atoms with E-state index in [2.05, 4.69) is 42.2 Å². The highest BCUT2D eigenvalue weighted by atomic mass is 14.9. The summed E-state index contributed by atoms with van der Waals surface area (Å²) in [4.78, 5) is 8.43. The second kappa shape index (κ2) is 6.52. The van der Waals surface area contributed by atoms with E-state index in [1.807, 2.05) is 49.4 Å². The van der Waals surface area contributed by atoms with Crippen LogP contribution < -0.4 is 5.73 Å². The molecule has 4 aromatic rings. The number of benzene rings is 3. The number of aryl methyl sites for hydroxylation is 1. The molecule has 3 heteroatoms. The van der Waals surface area contributed by atoms with Crippen molar-refractivity contribution >= 4 is 5.69 Å². The van der Waals surface area contributed by atoms with E-state index in [1.165, 1.54) is 5.56 Å². The van der Waals surface area contributed by atoms with Crippen LogP contribution in [0.15, 0.2) is 72.8 Å². The van der Waals surface area contributed by atoms with Crippen molar-refractivity contribution in [1.29, 1.82) is 0 Å². The van der Waals surface area contributed by atoms with Gasteiger partial charge in [-0.15, -0.1) is 0 Å². The number of aromatic amines is 1. The lowest BCUT2D eigenvalue weighted by atomic mass is 10.0. The van der Waals surface area contributed by atoms with Crippen LogP contribution in [0.3, 0.4) is 0 Å². The average molecular weight is 339 g/mol. The number of imidazole rings is 1. The first-order valence-electron chi connectivity index (χ1n) is 8.72. The molecule has 3 nitrogen and oxygen atoms in total. The van der Waals surface area contributed by atoms with Crippen LogP contribution in [-0.2, 0) is 0 Å². The minimum absolute atomic E-state index is 0.776. The molecule has 0 saturated carbocycles. The summed E-state index contributed by atoms with van der Waals surface area (Å²) in [6.45, 7) is 4.12. The zero-order chi connectivity index (χ0) is 18.1. The standard InChI is InChI=1S/C23H21N3/c1-15-13-14-19(20(24)16(15)2)23-25-21(17-9-5-3-6-10-17)22(26-23)18-11-7-4-8-12-18/h3-14H,24H2,1-2H3,(H,25,26). The van der Waals surface area contributed by atoms with Gasteiger partial charge in [0.05, 0.1) is 11.4 Å². The summed E-state index contributed by atoms with van der Waals surface area (Å²) in [5.74, 6) is 0.795. The number of hydrogen-bond donors (Lipinski definition) is 2. The molecular formula is C23H21N3. The van der Waals surface area contributed by atoms with Gasteiger partial charge in [-0.2, -0.15) is 0 Å². The summed E-state index contributed by atoms with van der Waals surface area (Å²) >= 11 is 0. The van der Waals surface area contributed by atoms with Crippen LogP contribution in [0, 0.1) is 13.8 Å². The molecule has 0 aliphatic heterocycles. The summed E-state index contributed by atoms with van der Waals surface area (Å²) in [6, 6.07) is 24.6. The fraction of sp³-hybridized carbons (Fsp3) is 0.0870. The van der Waals surface area contributed by atoms with Crippen molar-refractivity contribution in [2.24, 2.45) is 0 Å². The zero-order valence-corrected chi connectivity index (χ0v) is 15.0. The molecule has 0 atom stereocenters. The van der Waals surface area contributed by atoms with Crippen LogP contribution in [0.1, 0.15) is 11.1 Å². The third-order valence-corrected chi connectivity index (χ3v) is 4.85. The number of H-pyrrole nitrogens is 1. The van der Waals surface area contributed by atoms with Crippen molar-refractivity contribution in [2.45, 2.75) is 13.8 Å². The highest BCUT2D eigenvalue weighted by molar-refractivity contribution is 5.84. The Labute approximate surface area is 153 Å². The second-order valence-electron chi connectivity index (χ2n) is 6.51. The molecule has 3 aromatic carbocycles. The summed E-state index contributed by atoms with van der Waals surface area (Å²) in [6.07, 6.45) is 0. The largest absolute Gasteiger partial charge is 0.398 e. The maximum absolute atomic E-state index is 6.39. The van der Waals surface area contributed by atoms with Gasteiger partial charge in [-0.05, 0) is 31.0 Å². The van der Waals surface area contributed by atoms with E-state index in [0.717, 1.165) is 45.2 Å². The van der Waals surface area contributed by atoms with Crippen LogP contribution in [-0.4, -0.2) is 9.97 Å². The summed E-state index contributed by atoms with van der Waals surface area (Å²) in [5.41, 5.74) is 14.5. The molecule has 0 aliphatic carbocycles. The molecule has 1 heterocycles. The van der Waals surface area contributed by atoms with Crippen LogP contribution in [0.2, 0.25) is 0 Å². The molecule has 4 rings (SSSR count). The van der Waals surface area contributed by atoms with Gasteiger partial charge in [0, 0.05) is 22.4 Å². The molecule has 26 heavy (non-hydrogen) atoms. The van der Waals surface area contributed by atoms with Gasteiger partial charge in [-0.25, -0.2) is 4.98 Å². The van der Waals surface area contributed by atoms with E-state index < -0.39 is 0 Å². The van der Waals surface area contributed by atoms with Crippen LogP contribution in [0.4, 0.5) is 5.69 Å². The highest BCUT2D eigenvalue weighted by Gasteiger charge is 2.17. The number of nitrogens with one attached hydrogen (secondary N) is 1. The fourth-order valence-electron chi connectivity index (χ4n) is 3.16. The third kappa shape index (κ3) is 2.78. The lowest BCUT2D eigenvalue weighted by molar-refractivity contribution is 1.28. The number of anilines is 1. The second-order valence-corrected chi connectivity index (χ2v) is 6.51. The lowest BCUT2D eigenvalue weighted by Crippen LogP contribution is -1.97. The average Bonchev–Trinajstić information content (AvgIpc) is 3.13. The number of nitrogens with two attached hydrogens (primary N) is 1. The monoisotopic (exact) mass is 339 g/mol. The summed E-state index contributed by atoms with van der Waals surface area (Å²) < 4.78 is 0. The van der Waals surface area contributed by atoms with Crippen LogP contribution in [0.25, 0.3) is 33.9 Å². The van der Waals surface area contributed by atoms with Crippen molar-refractivity contribution in [3.63, 3.8) is 0 Å². The predicted octanol–water partition coefficient (Wildman–Crippen LogP) is 5.61. The van der Waals surface area contributed by atoms with Gasteiger partial charge in [-0.1, -0.05) is 66.7 Å². The fourth-order valence-corrected chi connectivity index (χ4v) is 3.16. The Hall–Kier alpha value is -3.33. The van der Waals surface area contributed by atoms with E-state index in [-0.39, 0.29) is 0 Å². The number of aromatic nitrogens is 2. The maximum Gasteiger partial charge on any atom is 0.140 e. The Morgan fingerprint density at radius 1 is 0.769 bits per heavy atom. The van der Waals surface area contributed by atoms with E-state index >= 15 is 0 Å². The van der Waals surface area contributed by atoms with Crippen molar-refractivity contribution < 1.29 is 0 Å². The molecule has 0 radical (unpaired) electrons. The molecule has 1 aromatic heterocycles. The normalized spacial score (nSPS) is 10.8. The van der Waals surface area contributed by atoms with Crippen molar-refractivity contribution in [3.05, 3.63) is 83.9 Å². The van der Waals surface area contributed by atoms with Gasteiger partial charge in [-0.3, -0.25) is 0 Å². The SMILES string of the molecule is Cc1ccc(-c2nc(-c3ccccc3)c(-c3ccccc3)[nH]2)c(N)c1C. The maximum atomic E-state index is 6.39. The number of nitrogens with zero attached hydrogens (tertiary/aromatic N) is 1. The van der Waals surface area contributed by atoms with Gasteiger partial charge in [0.15, 0.2) is 0 Å². The van der Waals surface area contributed by atoms with E-state index in [1.54, 1.807) is 0 Å². The van der Waals surface area contributed by atoms with Gasteiger partial charge < -0.3 is 10.7 Å². The molecule has 3 N–H and O–H groups in total. The quantitative estimate of drug-likeness (QED) is 0.477. The first-order chi connectivity index (χ1) is 12.6. The summed E-state index contributed by atoms with van der Waals surface area (Å²) in [5, 5.41) is 0. The third-order valence-electron chi connectivity index (χ3n) is 4.85. The molecule has 0 unspecified atom stereocenters. The smallest absolute Gasteiger partial charge is 0.140 e. The molecule has 0 bridgehead atoms. The van der Waals surface area contributed by atoms with Gasteiger partial charge in [0.1, 0.15) is 5.82 Å². The van der Waals surface area contributed by atoms with Crippen molar-refractivity contribution in [3.8, 4) is 33.9 Å². The molecule has 0 fully saturated rings. The number of hydrogen-bond acceptors (Lipinski definition) is 2. The predicted molar refractivity (Wildman–Crippen MR) is 109 cm³/mol. The molecule has 128 valence electrons. The Balaban J connectivity index is 1.94. The molecular weight excluding hydrogens is 318 g/mol. The molecule has 0 amide bonds. The molecule has 0 saturated heterocycles. The minimum Gasteiger partial charge on any atom is -0.398 e. The Kier molecular flexibility index (Phi) is 4.05. The molecule has 0 spiro atoms. The minimum atomic E-state index is 0.776. The van der Waals surface area contributed by atoms with E-state index in [4.69, 9.17) is 10.7 Å². The number of nitrogen functional groups attached to an aromatic ring is 1. The Morgan fingerprint density at radius 2 is 1.38 bits per heavy atom. The Morgan fingerprint density at radius 3 is 2.04 bits per heavy atom. The van der Waals surface area contributed by atoms with Crippen molar-refractivity contribution in [1.82, 2.24) is 9.97 Å². The molecule has 0 aliphatic rings. The Bertz CT molecular complexity index is 991. The zero-order valence-electron chi connectivity index (χ0n) is 15.0. The summed E-state index contributed by atoms with van der Waals surface area (Å²) in [7, 11) is 0. The van der Waals surface area contributed by atoms with Crippen LogP contribution >= 0.6 is 0 Å². The lowest BCUT2D eigenvalue weighted by Gasteiger charge is -2.08. The van der Waals surface area contributed by atoms with Gasteiger partial charge in [0.25, 0.3) is 0 Å². The first kappa shape index (κ1) is 16.2. The highest BCUT2D eigenvalue weighted by Crippen LogP contribution is 2.35.